The number of halogens is 2. The molecule has 1 N–H and O–H groups in total. The summed E-state index contributed by atoms with van der Waals surface area (Å²) in [7, 11) is 0. The number of nitrogens with zero attached hydrogens (tertiary/aromatic N) is 1. The van der Waals surface area contributed by atoms with E-state index in [0.717, 1.165) is 6.07 Å². The van der Waals surface area contributed by atoms with Crippen LogP contribution in [0.1, 0.15) is 49.7 Å². The minimum absolute atomic E-state index is 0.0172. The Labute approximate surface area is 230 Å². The van der Waals surface area contributed by atoms with E-state index >= 15 is 0 Å². The molecule has 2 aliphatic heterocycles. The van der Waals surface area contributed by atoms with Gasteiger partial charge in [0.15, 0.2) is 17.9 Å². The number of rotatable bonds is 10. The van der Waals surface area contributed by atoms with Gasteiger partial charge in [-0.05, 0) is 64.1 Å². The van der Waals surface area contributed by atoms with Gasteiger partial charge in [0.2, 0.25) is 6.54 Å². The van der Waals surface area contributed by atoms with Crippen molar-refractivity contribution in [3.63, 3.8) is 0 Å². The molecule has 2 aromatic carbocycles. The van der Waals surface area contributed by atoms with E-state index in [2.05, 4.69) is 0 Å². The molecule has 0 aromatic heterocycles. The third-order valence-corrected chi connectivity index (χ3v) is 5.75. The molecule has 220 valence electrons. The molecule has 2 saturated heterocycles. The van der Waals surface area contributed by atoms with Gasteiger partial charge in [0.25, 0.3) is 0 Å². The van der Waals surface area contributed by atoms with Gasteiger partial charge >= 0.3 is 0 Å². The number of carbonyl (C=O) groups is 1. The first-order valence-corrected chi connectivity index (χ1v) is 12.5. The van der Waals surface area contributed by atoms with Crippen LogP contribution in [0.4, 0.5) is 8.78 Å². The normalized spacial score (nSPS) is 21.7. The van der Waals surface area contributed by atoms with Crippen LogP contribution in [0.25, 0.3) is 0 Å². The molecule has 2 aliphatic rings. The molecule has 0 saturated carbocycles. The fourth-order valence-corrected chi connectivity index (χ4v) is 3.88. The number of aldehydes is 1. The number of hydrogen-bond donors (Lipinski definition) is 1. The average molecular weight is 570 g/mol. The second-order valence-electron chi connectivity index (χ2n) is 10.0. The van der Waals surface area contributed by atoms with E-state index in [-0.39, 0.29) is 29.9 Å². The van der Waals surface area contributed by atoms with Crippen molar-refractivity contribution in [3.05, 3.63) is 69.3 Å². The van der Waals surface area contributed by atoms with Crippen LogP contribution >= 0.6 is 0 Å². The molecule has 0 radical (unpaired) electrons. The zero-order valence-electron chi connectivity index (χ0n) is 22.6. The van der Waals surface area contributed by atoms with E-state index in [1.807, 2.05) is 13.8 Å². The highest BCUT2D eigenvalue weighted by Crippen LogP contribution is 2.26. The van der Waals surface area contributed by atoms with E-state index in [1.165, 1.54) is 30.3 Å². The smallest absolute Gasteiger partial charge is 0.233 e. The summed E-state index contributed by atoms with van der Waals surface area (Å²) in [5.74, 6) is -1.80. The Bertz CT molecular complexity index is 1180. The van der Waals surface area contributed by atoms with Crippen molar-refractivity contribution < 1.29 is 52.0 Å². The molecular weight excluding hydrogens is 536 g/mol. The molecule has 0 aliphatic carbocycles. The predicted octanol–water partition coefficient (Wildman–Crippen LogP) is 3.83. The molecule has 0 amide bonds. The zero-order valence-corrected chi connectivity index (χ0v) is 22.6. The molecule has 11 nitrogen and oxygen atoms in total. The van der Waals surface area contributed by atoms with Crippen molar-refractivity contribution in [1.29, 1.82) is 0 Å². The van der Waals surface area contributed by atoms with Gasteiger partial charge in [-0.25, -0.2) is 8.78 Å². The maximum Gasteiger partial charge on any atom is 0.233 e. The summed E-state index contributed by atoms with van der Waals surface area (Å²) in [6.07, 6.45) is -1.49. The lowest BCUT2D eigenvalue weighted by atomic mass is 10.1. The third-order valence-electron chi connectivity index (χ3n) is 5.75. The van der Waals surface area contributed by atoms with E-state index in [1.54, 1.807) is 13.8 Å². The number of ether oxygens (including phenoxy) is 6. The summed E-state index contributed by atoms with van der Waals surface area (Å²) in [5, 5.41) is 20.1. The number of benzene rings is 2. The van der Waals surface area contributed by atoms with Gasteiger partial charge in [-0.1, -0.05) is 0 Å². The molecule has 4 rings (SSSR count). The topological polar surface area (TPSA) is 136 Å². The summed E-state index contributed by atoms with van der Waals surface area (Å²) in [4.78, 5) is 20.3. The van der Waals surface area contributed by atoms with E-state index < -0.39 is 40.8 Å². The highest BCUT2D eigenvalue weighted by molar-refractivity contribution is 5.75. The van der Waals surface area contributed by atoms with Crippen LogP contribution in [0, 0.1) is 21.7 Å². The average Bonchev–Trinajstić information content (AvgIpc) is 3.42. The van der Waals surface area contributed by atoms with Crippen molar-refractivity contribution in [1.82, 2.24) is 0 Å². The molecule has 0 bridgehead atoms. The Morgan fingerprint density at radius 3 is 1.93 bits per heavy atom. The van der Waals surface area contributed by atoms with Crippen LogP contribution in [-0.2, 0) is 18.9 Å². The molecular formula is C27H33F2NO10. The highest BCUT2D eigenvalue weighted by Gasteiger charge is 2.34. The first-order valence-electron chi connectivity index (χ1n) is 12.5. The zero-order chi connectivity index (χ0) is 29.5. The second kappa shape index (κ2) is 13.4. The molecule has 2 aromatic rings. The predicted molar refractivity (Wildman–Crippen MR) is 136 cm³/mol. The van der Waals surface area contributed by atoms with E-state index in [9.17, 15) is 28.8 Å². The van der Waals surface area contributed by atoms with Gasteiger partial charge in [-0.3, -0.25) is 14.9 Å². The van der Waals surface area contributed by atoms with Crippen LogP contribution in [0.15, 0.2) is 36.4 Å². The summed E-state index contributed by atoms with van der Waals surface area (Å²) in [6.45, 7) is 7.79. The maximum absolute atomic E-state index is 13.6. The summed E-state index contributed by atoms with van der Waals surface area (Å²) in [6, 6.07) is 7.79. The molecule has 2 heterocycles. The number of aliphatic hydroxyl groups excluding tert-OH is 1. The number of aliphatic hydroxyl groups is 1. The van der Waals surface area contributed by atoms with Crippen LogP contribution in [0.5, 0.6) is 11.5 Å². The minimum Gasteiger partial charge on any atom is -0.491 e. The maximum atomic E-state index is 13.6. The number of carbonyl (C=O) groups excluding carboxylic acids is 1. The van der Waals surface area contributed by atoms with Crippen LogP contribution in [0.2, 0.25) is 0 Å². The first-order chi connectivity index (χ1) is 18.8. The molecule has 3 atom stereocenters. The lowest BCUT2D eigenvalue weighted by molar-refractivity contribution is -0.491. The Morgan fingerprint density at radius 1 is 0.975 bits per heavy atom. The second-order valence-corrected chi connectivity index (χ2v) is 10.0. The molecule has 40 heavy (non-hydrogen) atoms. The number of nitro groups is 1. The quantitative estimate of drug-likeness (QED) is 0.255. The SMILES string of the molecule is CC1(C)OC[C@H](COc2ccc(F)c(C=O)c2)O1.CC1(C)OC[C@H](COc2ccc(F)c([C@H](O)C[N+](=O)[O-])c2)O1. The van der Waals surface area contributed by atoms with Gasteiger partial charge in [-0.2, -0.15) is 0 Å². The molecule has 0 unspecified atom stereocenters. The van der Waals surface area contributed by atoms with Crippen LogP contribution in [-0.4, -0.2) is 73.1 Å². The van der Waals surface area contributed by atoms with Crippen molar-refractivity contribution in [2.45, 2.75) is 57.6 Å². The van der Waals surface area contributed by atoms with Gasteiger partial charge in [0.05, 0.1) is 18.8 Å². The van der Waals surface area contributed by atoms with Crippen LogP contribution < -0.4 is 9.47 Å². The summed E-state index contributed by atoms with van der Waals surface area (Å²) in [5.41, 5.74) is -0.186. The Kier molecular flexibility index (Phi) is 10.5. The van der Waals surface area contributed by atoms with Gasteiger partial charge in [-0.15, -0.1) is 0 Å². The fraction of sp³-hybridized carbons (Fsp3) is 0.519. The first kappa shape index (κ1) is 31.3. The van der Waals surface area contributed by atoms with Crippen molar-refractivity contribution in [3.8, 4) is 11.5 Å². The van der Waals surface area contributed by atoms with Crippen molar-refractivity contribution in [2.75, 3.05) is 33.0 Å². The number of hydrogen-bond acceptors (Lipinski definition) is 10. The third kappa shape index (κ3) is 9.45. The molecule has 0 spiro atoms. The Balaban J connectivity index is 0.000000225. The van der Waals surface area contributed by atoms with Gasteiger partial charge in [0.1, 0.15) is 54.7 Å². The Morgan fingerprint density at radius 2 is 1.48 bits per heavy atom. The lowest BCUT2D eigenvalue weighted by Gasteiger charge is -2.17. The summed E-state index contributed by atoms with van der Waals surface area (Å²) >= 11 is 0. The largest absolute Gasteiger partial charge is 0.491 e. The molecule has 13 heteroatoms. The van der Waals surface area contributed by atoms with E-state index in [4.69, 9.17) is 28.4 Å². The van der Waals surface area contributed by atoms with E-state index in [0.29, 0.717) is 37.6 Å². The minimum atomic E-state index is -1.52. The Hall–Kier alpha value is -3.23. The summed E-state index contributed by atoms with van der Waals surface area (Å²) < 4.78 is 59.5. The van der Waals surface area contributed by atoms with Crippen LogP contribution in [0.3, 0.4) is 0 Å². The highest BCUT2D eigenvalue weighted by atomic mass is 19.1. The molecule has 2 fully saturated rings. The van der Waals surface area contributed by atoms with Crippen molar-refractivity contribution in [2.24, 2.45) is 0 Å². The fourth-order valence-electron chi connectivity index (χ4n) is 3.88. The van der Waals surface area contributed by atoms with Gasteiger partial charge in [0, 0.05) is 10.5 Å². The van der Waals surface area contributed by atoms with Gasteiger partial charge < -0.3 is 33.5 Å². The lowest BCUT2D eigenvalue weighted by Crippen LogP contribution is -2.25. The monoisotopic (exact) mass is 569 g/mol. The van der Waals surface area contributed by atoms with Crippen molar-refractivity contribution >= 4 is 6.29 Å². The standard InChI is InChI=1S/C14H18FNO6.C13H15FO4/c1-14(2)21-8-10(22-14)7-20-9-3-4-12(15)11(5-9)13(17)6-16(18)19;1-13(2)17-8-11(18-13)7-16-10-3-4-12(14)9(5-10)6-15/h3-5,10,13,17H,6-8H2,1-2H3;3-6,11H,7-8H2,1-2H3/t10-,13+;11-/m00/s1.